The number of ether oxygens (including phenoxy) is 1. The summed E-state index contributed by atoms with van der Waals surface area (Å²) in [7, 11) is 0. The van der Waals surface area contributed by atoms with Crippen molar-refractivity contribution in [1.29, 1.82) is 0 Å². The molecule has 1 rings (SSSR count). The highest BCUT2D eigenvalue weighted by Crippen LogP contribution is 2.32. The summed E-state index contributed by atoms with van der Waals surface area (Å²) in [5, 5.41) is 0.802. The van der Waals surface area contributed by atoms with Gasteiger partial charge in [-0.05, 0) is 49.6 Å². The van der Waals surface area contributed by atoms with E-state index in [9.17, 15) is 0 Å². The zero-order valence-electron chi connectivity index (χ0n) is 13.7. The van der Waals surface area contributed by atoms with Crippen molar-refractivity contribution in [2.24, 2.45) is 0 Å². The van der Waals surface area contributed by atoms with Crippen molar-refractivity contribution >= 4 is 23.2 Å². The van der Waals surface area contributed by atoms with E-state index in [0.29, 0.717) is 11.8 Å². The minimum absolute atomic E-state index is 0.117. The first-order chi connectivity index (χ1) is 9.88. The Bertz CT molecular complexity index is 449. The average molecular weight is 332 g/mol. The van der Waals surface area contributed by atoms with Crippen LogP contribution in [0.4, 0.5) is 0 Å². The summed E-state index contributed by atoms with van der Waals surface area (Å²) in [6.45, 7) is 13.3. The molecule has 0 spiro atoms. The standard InChI is InChI=1S/C17H27Cl2NO/c1-6-20(8-7-18)11-14(5)21-17-9-13(4)16(19)10-15(17)12(2)3/h9-10,12,14H,6-8,11H2,1-5H3. The van der Waals surface area contributed by atoms with Gasteiger partial charge in [-0.1, -0.05) is 32.4 Å². The number of aryl methyl sites for hydroxylation is 1. The van der Waals surface area contributed by atoms with Gasteiger partial charge in [0.1, 0.15) is 11.9 Å². The minimum Gasteiger partial charge on any atom is -0.489 e. The molecule has 1 aromatic carbocycles. The van der Waals surface area contributed by atoms with Crippen molar-refractivity contribution < 1.29 is 4.74 Å². The number of halogens is 2. The van der Waals surface area contributed by atoms with Gasteiger partial charge < -0.3 is 4.74 Å². The van der Waals surface area contributed by atoms with E-state index in [4.69, 9.17) is 27.9 Å². The molecule has 1 atom stereocenters. The topological polar surface area (TPSA) is 12.5 Å². The predicted molar refractivity (Wildman–Crippen MR) is 93.2 cm³/mol. The summed E-state index contributed by atoms with van der Waals surface area (Å²) in [4.78, 5) is 2.30. The van der Waals surface area contributed by atoms with Crippen LogP contribution >= 0.6 is 23.2 Å². The Kier molecular flexibility index (Phi) is 7.86. The van der Waals surface area contributed by atoms with Crippen molar-refractivity contribution in [2.45, 2.75) is 46.6 Å². The lowest BCUT2D eigenvalue weighted by Crippen LogP contribution is -2.35. The van der Waals surface area contributed by atoms with Crippen LogP contribution in [0.1, 0.15) is 44.7 Å². The SMILES string of the molecule is CCN(CCCl)CC(C)Oc1cc(C)c(Cl)cc1C(C)C. The molecule has 0 saturated carbocycles. The number of hydrogen-bond acceptors (Lipinski definition) is 2. The number of benzene rings is 1. The van der Waals surface area contributed by atoms with E-state index in [1.165, 1.54) is 0 Å². The number of nitrogens with zero attached hydrogens (tertiary/aromatic N) is 1. The third kappa shape index (κ3) is 5.69. The highest BCUT2D eigenvalue weighted by atomic mass is 35.5. The number of alkyl halides is 1. The first kappa shape index (κ1) is 18.6. The summed E-state index contributed by atoms with van der Waals surface area (Å²) < 4.78 is 6.18. The molecule has 0 heterocycles. The average Bonchev–Trinajstić information content (AvgIpc) is 2.41. The summed E-state index contributed by atoms with van der Waals surface area (Å²) in [6, 6.07) is 4.08. The van der Waals surface area contributed by atoms with Crippen LogP contribution < -0.4 is 4.74 Å². The molecule has 0 fully saturated rings. The van der Waals surface area contributed by atoms with Gasteiger partial charge in [0, 0.05) is 24.0 Å². The molecule has 0 aliphatic heterocycles. The fraction of sp³-hybridized carbons (Fsp3) is 0.647. The summed E-state index contributed by atoms with van der Waals surface area (Å²) in [5.41, 5.74) is 2.22. The molecule has 0 aromatic heterocycles. The fourth-order valence-corrected chi connectivity index (χ4v) is 2.75. The van der Waals surface area contributed by atoms with Crippen molar-refractivity contribution in [2.75, 3.05) is 25.5 Å². The second-order valence-electron chi connectivity index (χ2n) is 5.80. The largest absolute Gasteiger partial charge is 0.489 e. The van der Waals surface area contributed by atoms with E-state index in [2.05, 4.69) is 32.6 Å². The lowest BCUT2D eigenvalue weighted by Gasteiger charge is -2.25. The number of rotatable bonds is 8. The third-order valence-corrected chi connectivity index (χ3v) is 4.18. The molecular formula is C17H27Cl2NO. The smallest absolute Gasteiger partial charge is 0.123 e. The lowest BCUT2D eigenvalue weighted by molar-refractivity contribution is 0.152. The molecule has 0 aliphatic carbocycles. The lowest BCUT2D eigenvalue weighted by atomic mass is 10.0. The molecule has 1 aromatic rings. The van der Waals surface area contributed by atoms with Crippen LogP contribution in [0.3, 0.4) is 0 Å². The van der Waals surface area contributed by atoms with Crippen molar-refractivity contribution in [1.82, 2.24) is 4.90 Å². The molecule has 2 nitrogen and oxygen atoms in total. The highest BCUT2D eigenvalue weighted by molar-refractivity contribution is 6.31. The number of hydrogen-bond donors (Lipinski definition) is 0. The van der Waals surface area contributed by atoms with Crippen LogP contribution in [0.2, 0.25) is 5.02 Å². The normalized spacial score (nSPS) is 13.0. The van der Waals surface area contributed by atoms with Crippen LogP contribution in [0.15, 0.2) is 12.1 Å². The maximum atomic E-state index is 6.24. The Balaban J connectivity index is 2.83. The fourth-order valence-electron chi connectivity index (χ4n) is 2.34. The van der Waals surface area contributed by atoms with E-state index in [-0.39, 0.29) is 6.10 Å². The van der Waals surface area contributed by atoms with E-state index < -0.39 is 0 Å². The Hall–Kier alpha value is -0.440. The second kappa shape index (κ2) is 8.87. The third-order valence-electron chi connectivity index (χ3n) is 3.60. The van der Waals surface area contributed by atoms with Gasteiger partial charge in [0.2, 0.25) is 0 Å². The second-order valence-corrected chi connectivity index (χ2v) is 6.59. The van der Waals surface area contributed by atoms with Gasteiger partial charge in [-0.15, -0.1) is 11.6 Å². The van der Waals surface area contributed by atoms with Crippen LogP contribution in [-0.2, 0) is 0 Å². The van der Waals surface area contributed by atoms with Gasteiger partial charge in [-0.2, -0.15) is 0 Å². The van der Waals surface area contributed by atoms with Crippen LogP contribution in [-0.4, -0.2) is 36.5 Å². The molecule has 0 bridgehead atoms. The maximum Gasteiger partial charge on any atom is 0.123 e. The van der Waals surface area contributed by atoms with E-state index >= 15 is 0 Å². The molecule has 0 amide bonds. The Morgan fingerprint density at radius 1 is 1.24 bits per heavy atom. The van der Waals surface area contributed by atoms with E-state index in [1.54, 1.807) is 0 Å². The summed E-state index contributed by atoms with van der Waals surface area (Å²) >= 11 is 12.1. The summed E-state index contributed by atoms with van der Waals surface area (Å²) in [6.07, 6.45) is 0.117. The van der Waals surface area contributed by atoms with Crippen LogP contribution in [0, 0.1) is 6.92 Å². The van der Waals surface area contributed by atoms with Crippen molar-refractivity contribution in [3.05, 3.63) is 28.3 Å². The molecule has 0 saturated heterocycles. The maximum absolute atomic E-state index is 6.24. The molecule has 4 heteroatoms. The van der Waals surface area contributed by atoms with Crippen molar-refractivity contribution in [3.8, 4) is 5.75 Å². The quantitative estimate of drug-likeness (QED) is 0.614. The minimum atomic E-state index is 0.117. The first-order valence-corrected chi connectivity index (χ1v) is 8.55. The van der Waals surface area contributed by atoms with Gasteiger partial charge in [0.15, 0.2) is 0 Å². The number of likely N-dealkylation sites (N-methyl/N-ethyl adjacent to an activating group) is 1. The van der Waals surface area contributed by atoms with Crippen LogP contribution in [0.25, 0.3) is 0 Å². The first-order valence-electron chi connectivity index (χ1n) is 7.64. The van der Waals surface area contributed by atoms with Gasteiger partial charge in [-0.3, -0.25) is 4.90 Å². The van der Waals surface area contributed by atoms with Gasteiger partial charge in [0.05, 0.1) is 0 Å². The van der Waals surface area contributed by atoms with E-state index in [1.807, 2.05) is 19.1 Å². The van der Waals surface area contributed by atoms with Gasteiger partial charge in [-0.25, -0.2) is 0 Å². The van der Waals surface area contributed by atoms with Gasteiger partial charge in [0.25, 0.3) is 0 Å². The predicted octanol–water partition coefficient (Wildman–Crippen LogP) is 5.10. The molecule has 0 N–H and O–H groups in total. The Labute approximate surface area is 139 Å². The Morgan fingerprint density at radius 2 is 1.90 bits per heavy atom. The Morgan fingerprint density at radius 3 is 2.43 bits per heavy atom. The molecule has 0 radical (unpaired) electrons. The van der Waals surface area contributed by atoms with Crippen molar-refractivity contribution in [3.63, 3.8) is 0 Å². The summed E-state index contributed by atoms with van der Waals surface area (Å²) in [5.74, 6) is 1.98. The zero-order chi connectivity index (χ0) is 16.0. The van der Waals surface area contributed by atoms with Crippen LogP contribution in [0.5, 0.6) is 5.75 Å². The molecule has 0 aliphatic rings. The molecule has 1 unspecified atom stereocenters. The monoisotopic (exact) mass is 331 g/mol. The molecular weight excluding hydrogens is 305 g/mol. The zero-order valence-corrected chi connectivity index (χ0v) is 15.3. The molecule has 21 heavy (non-hydrogen) atoms. The highest BCUT2D eigenvalue weighted by Gasteiger charge is 2.15. The van der Waals surface area contributed by atoms with E-state index in [0.717, 1.165) is 41.5 Å². The molecule has 120 valence electrons. The van der Waals surface area contributed by atoms with Gasteiger partial charge >= 0.3 is 0 Å².